The molecule has 3 rings (SSSR count). The maximum atomic E-state index is 12.2. The van der Waals surface area contributed by atoms with E-state index in [2.05, 4.69) is 10.4 Å². The lowest BCUT2D eigenvalue weighted by Gasteiger charge is -2.19. The third-order valence-corrected chi connectivity index (χ3v) is 3.83. The molecule has 1 aliphatic rings. The number of rotatable bonds is 2. The largest absolute Gasteiger partial charge is 0.277 e. The lowest BCUT2D eigenvalue weighted by molar-refractivity contribution is -0.116. The van der Waals surface area contributed by atoms with Crippen molar-refractivity contribution in [2.75, 3.05) is 5.01 Å². The molecule has 0 aromatic heterocycles. The fourth-order valence-electron chi connectivity index (χ4n) is 2.10. The van der Waals surface area contributed by atoms with Crippen LogP contribution >= 0.6 is 34.8 Å². The lowest BCUT2D eigenvalue weighted by Crippen LogP contribution is -2.36. The molecule has 112 valence electrons. The van der Waals surface area contributed by atoms with Gasteiger partial charge in [0.1, 0.15) is 11.5 Å². The van der Waals surface area contributed by atoms with Gasteiger partial charge in [0.15, 0.2) is 0 Å². The summed E-state index contributed by atoms with van der Waals surface area (Å²) >= 11 is 18.2. The van der Waals surface area contributed by atoms with Gasteiger partial charge in [-0.25, -0.2) is 10.0 Å². The number of aliphatic imine (C=N–C) groups is 1. The zero-order valence-electron chi connectivity index (χ0n) is 11.2. The van der Waals surface area contributed by atoms with Crippen molar-refractivity contribution < 1.29 is 4.79 Å². The summed E-state index contributed by atoms with van der Waals surface area (Å²) in [4.78, 5) is 16.6. The summed E-state index contributed by atoms with van der Waals surface area (Å²) in [5, 5.41) is 2.28. The topological polar surface area (TPSA) is 44.7 Å². The first-order valence-corrected chi connectivity index (χ1v) is 7.55. The number of anilines is 1. The van der Waals surface area contributed by atoms with Crippen LogP contribution in [0.25, 0.3) is 0 Å². The summed E-state index contributed by atoms with van der Waals surface area (Å²) in [7, 11) is 0. The highest BCUT2D eigenvalue weighted by molar-refractivity contribution is 6.42. The standard InChI is InChI=1S/C15H10Cl3N3O/c16-9-6-11(17)15(12(18)7-9)21-14(22)8-13(20-21)19-10-4-2-1-3-5-10/h1-7H,8H2,(H,19,20). The molecule has 2 aromatic carbocycles. The Morgan fingerprint density at radius 2 is 1.68 bits per heavy atom. The Morgan fingerprint density at radius 3 is 2.32 bits per heavy atom. The fraction of sp³-hybridized carbons (Fsp3) is 0.0667. The number of hydrogen-bond acceptors (Lipinski definition) is 2. The number of carbonyl (C=O) groups is 1. The minimum absolute atomic E-state index is 0.143. The lowest BCUT2D eigenvalue weighted by atomic mass is 10.3. The van der Waals surface area contributed by atoms with Crippen molar-refractivity contribution in [3.05, 3.63) is 57.5 Å². The van der Waals surface area contributed by atoms with Gasteiger partial charge in [-0.1, -0.05) is 53.0 Å². The highest BCUT2D eigenvalue weighted by atomic mass is 35.5. The maximum Gasteiger partial charge on any atom is 0.253 e. The molecule has 1 aliphatic heterocycles. The van der Waals surface area contributed by atoms with Gasteiger partial charge in [0, 0.05) is 5.02 Å². The highest BCUT2D eigenvalue weighted by Gasteiger charge is 2.30. The molecule has 7 heteroatoms. The molecule has 22 heavy (non-hydrogen) atoms. The van der Waals surface area contributed by atoms with Crippen molar-refractivity contribution in [3.63, 3.8) is 0 Å². The van der Waals surface area contributed by atoms with E-state index >= 15 is 0 Å². The molecule has 1 fully saturated rings. The van der Waals surface area contributed by atoms with Crippen molar-refractivity contribution >= 4 is 57.9 Å². The summed E-state index contributed by atoms with van der Waals surface area (Å²) < 4.78 is 0. The summed E-state index contributed by atoms with van der Waals surface area (Å²) in [6.07, 6.45) is 0.143. The van der Waals surface area contributed by atoms with Crippen LogP contribution < -0.4 is 10.4 Å². The maximum absolute atomic E-state index is 12.2. The zero-order chi connectivity index (χ0) is 15.7. The third-order valence-electron chi connectivity index (χ3n) is 3.03. The van der Waals surface area contributed by atoms with Crippen molar-refractivity contribution in [1.29, 1.82) is 0 Å². The summed E-state index contributed by atoms with van der Waals surface area (Å²) in [5.74, 6) is 0.332. The third kappa shape index (κ3) is 3.04. The average molecular weight is 355 g/mol. The molecule has 0 bridgehead atoms. The van der Waals surface area contributed by atoms with Gasteiger partial charge in [0.05, 0.1) is 22.2 Å². The van der Waals surface area contributed by atoms with Gasteiger partial charge < -0.3 is 0 Å². The van der Waals surface area contributed by atoms with Crippen LogP contribution in [0.15, 0.2) is 47.5 Å². The molecule has 0 aliphatic carbocycles. The first kappa shape index (κ1) is 15.2. The number of amides is 1. The molecular formula is C15H10Cl3N3O. The summed E-state index contributed by atoms with van der Waals surface area (Å²) in [6, 6.07) is 12.4. The Kier molecular flexibility index (Phi) is 4.25. The van der Waals surface area contributed by atoms with Crippen LogP contribution in [-0.2, 0) is 4.79 Å². The SMILES string of the molecule is O=C1CC(=Nc2ccccc2)NN1c1c(Cl)cc(Cl)cc1Cl. The number of halogens is 3. The Hall–Kier alpha value is -1.75. The number of nitrogens with one attached hydrogen (secondary N) is 1. The van der Waals surface area contributed by atoms with Crippen molar-refractivity contribution in [2.24, 2.45) is 4.99 Å². The van der Waals surface area contributed by atoms with Crippen LogP contribution in [0.3, 0.4) is 0 Å². The van der Waals surface area contributed by atoms with Gasteiger partial charge in [-0.05, 0) is 24.3 Å². The quantitative estimate of drug-likeness (QED) is 0.855. The smallest absolute Gasteiger partial charge is 0.253 e. The number of benzene rings is 2. The van der Waals surface area contributed by atoms with E-state index < -0.39 is 0 Å². The number of hydrazine groups is 1. The van der Waals surface area contributed by atoms with Gasteiger partial charge in [-0.15, -0.1) is 0 Å². The second-order valence-corrected chi connectivity index (χ2v) is 5.88. The molecule has 0 atom stereocenters. The number of para-hydroxylation sites is 1. The predicted octanol–water partition coefficient (Wildman–Crippen LogP) is 4.62. The Labute approximate surface area is 142 Å². The molecule has 0 saturated carbocycles. The first-order valence-electron chi connectivity index (χ1n) is 6.41. The monoisotopic (exact) mass is 353 g/mol. The molecule has 1 saturated heterocycles. The molecule has 0 unspecified atom stereocenters. The molecule has 1 N–H and O–H groups in total. The normalized spacial score (nSPS) is 16.2. The summed E-state index contributed by atoms with van der Waals surface area (Å²) in [6.45, 7) is 0. The van der Waals surface area contributed by atoms with Crippen LogP contribution in [0.1, 0.15) is 6.42 Å². The van der Waals surface area contributed by atoms with Crippen molar-refractivity contribution in [1.82, 2.24) is 5.43 Å². The fourth-order valence-corrected chi connectivity index (χ4v) is 3.09. The molecule has 2 aromatic rings. The van der Waals surface area contributed by atoms with Crippen LogP contribution in [0.2, 0.25) is 15.1 Å². The Balaban J connectivity index is 1.92. The number of nitrogens with zero attached hydrogens (tertiary/aromatic N) is 2. The first-order chi connectivity index (χ1) is 10.5. The van der Waals surface area contributed by atoms with Crippen LogP contribution in [0.5, 0.6) is 0 Å². The van der Waals surface area contributed by atoms with E-state index in [4.69, 9.17) is 34.8 Å². The van der Waals surface area contributed by atoms with E-state index in [1.807, 2.05) is 30.3 Å². The minimum Gasteiger partial charge on any atom is -0.277 e. The van der Waals surface area contributed by atoms with Gasteiger partial charge in [0.2, 0.25) is 0 Å². The predicted molar refractivity (Wildman–Crippen MR) is 90.2 cm³/mol. The van der Waals surface area contributed by atoms with Gasteiger partial charge in [-0.3, -0.25) is 10.2 Å². The molecule has 1 heterocycles. The molecule has 1 amide bonds. The summed E-state index contributed by atoms with van der Waals surface area (Å²) in [5.41, 5.74) is 4.06. The number of amidine groups is 1. The van der Waals surface area contributed by atoms with E-state index in [9.17, 15) is 4.79 Å². The molecule has 4 nitrogen and oxygen atoms in total. The van der Waals surface area contributed by atoms with E-state index in [1.165, 1.54) is 17.1 Å². The molecule has 0 radical (unpaired) electrons. The number of hydrogen-bond donors (Lipinski definition) is 1. The molecular weight excluding hydrogens is 345 g/mol. The van der Waals surface area contributed by atoms with Crippen LogP contribution in [0, 0.1) is 0 Å². The second-order valence-electron chi connectivity index (χ2n) is 4.63. The van der Waals surface area contributed by atoms with Gasteiger partial charge >= 0.3 is 0 Å². The van der Waals surface area contributed by atoms with Crippen molar-refractivity contribution in [2.45, 2.75) is 6.42 Å². The second kappa shape index (κ2) is 6.16. The van der Waals surface area contributed by atoms with E-state index in [0.717, 1.165) is 5.69 Å². The van der Waals surface area contributed by atoms with Crippen molar-refractivity contribution in [3.8, 4) is 0 Å². The van der Waals surface area contributed by atoms with E-state index in [-0.39, 0.29) is 12.3 Å². The van der Waals surface area contributed by atoms with Gasteiger partial charge in [-0.2, -0.15) is 0 Å². The Morgan fingerprint density at radius 1 is 1.05 bits per heavy atom. The van der Waals surface area contributed by atoms with Crippen LogP contribution in [-0.4, -0.2) is 11.7 Å². The average Bonchev–Trinajstić information content (AvgIpc) is 2.79. The van der Waals surface area contributed by atoms with E-state index in [1.54, 1.807) is 0 Å². The number of carbonyl (C=O) groups excluding carboxylic acids is 1. The van der Waals surface area contributed by atoms with Gasteiger partial charge in [0.25, 0.3) is 5.91 Å². The van der Waals surface area contributed by atoms with E-state index in [0.29, 0.717) is 26.6 Å². The Bertz CT molecular complexity index is 739. The zero-order valence-corrected chi connectivity index (χ0v) is 13.5. The highest BCUT2D eigenvalue weighted by Crippen LogP contribution is 2.37. The van der Waals surface area contributed by atoms with Crippen LogP contribution in [0.4, 0.5) is 11.4 Å². The molecule has 0 spiro atoms. The minimum atomic E-state index is -0.194.